The van der Waals surface area contributed by atoms with Crippen molar-refractivity contribution >= 4 is 29.1 Å². The summed E-state index contributed by atoms with van der Waals surface area (Å²) in [5.41, 5.74) is 0.539. The third-order valence-corrected chi connectivity index (χ3v) is 6.08. The van der Waals surface area contributed by atoms with Gasteiger partial charge in [-0.3, -0.25) is 9.59 Å². The molecule has 1 aromatic carbocycles. The van der Waals surface area contributed by atoms with E-state index in [1.807, 2.05) is 12.1 Å². The van der Waals surface area contributed by atoms with Crippen LogP contribution in [-0.4, -0.2) is 11.8 Å². The lowest BCUT2D eigenvalue weighted by atomic mass is 9.63. The molecule has 2 amide bonds. The number of para-hydroxylation sites is 1. The fraction of sp³-hybridized carbons (Fsp3) is 0.412. The average Bonchev–Trinajstić information content (AvgIpc) is 3.26. The molecule has 0 unspecified atom stereocenters. The van der Waals surface area contributed by atoms with Gasteiger partial charge in [0.05, 0.1) is 22.5 Å². The maximum Gasteiger partial charge on any atom is 0.238 e. The Kier molecular flexibility index (Phi) is 2.15. The third kappa shape index (κ3) is 1.35. The van der Waals surface area contributed by atoms with Gasteiger partial charge < -0.3 is 0 Å². The highest BCUT2D eigenvalue weighted by atomic mass is 35.5. The molecule has 21 heavy (non-hydrogen) atoms. The standard InChI is InChI=1S/C17H14ClNO2/c18-12-3-1-2-4-13(12)19-16(20)14-8-5-6-9(11-7-10(8)11)15(14)17(19)21/h1-6,8-11,14-15H,7H2/t8-,9-,10-,11-,14+,15+/m1/s1. The molecular weight excluding hydrogens is 286 g/mol. The van der Waals surface area contributed by atoms with Crippen molar-refractivity contribution in [2.45, 2.75) is 6.42 Å². The van der Waals surface area contributed by atoms with E-state index in [2.05, 4.69) is 12.2 Å². The van der Waals surface area contributed by atoms with Crippen LogP contribution in [0.2, 0.25) is 5.02 Å². The number of hydrogen-bond acceptors (Lipinski definition) is 2. The quantitative estimate of drug-likeness (QED) is 0.591. The average molecular weight is 300 g/mol. The first-order valence-electron chi connectivity index (χ1n) is 7.49. The Bertz CT molecular complexity index is 676. The van der Waals surface area contributed by atoms with Crippen molar-refractivity contribution in [2.75, 3.05) is 4.90 Å². The minimum atomic E-state index is -0.160. The van der Waals surface area contributed by atoms with Crippen LogP contribution in [0.15, 0.2) is 36.4 Å². The molecule has 0 spiro atoms. The van der Waals surface area contributed by atoms with Gasteiger partial charge >= 0.3 is 0 Å². The smallest absolute Gasteiger partial charge is 0.238 e. The van der Waals surface area contributed by atoms with Crippen LogP contribution in [0, 0.1) is 35.5 Å². The lowest BCUT2D eigenvalue weighted by Gasteiger charge is -2.37. The third-order valence-electron chi connectivity index (χ3n) is 5.76. The first-order valence-corrected chi connectivity index (χ1v) is 7.87. The normalized spacial score (nSPS) is 42.2. The Morgan fingerprint density at radius 2 is 1.52 bits per heavy atom. The van der Waals surface area contributed by atoms with Crippen LogP contribution in [0.1, 0.15) is 6.42 Å². The zero-order chi connectivity index (χ0) is 14.3. The van der Waals surface area contributed by atoms with Gasteiger partial charge in [0, 0.05) is 0 Å². The number of carbonyl (C=O) groups is 2. The lowest BCUT2D eigenvalue weighted by Crippen LogP contribution is -2.40. The summed E-state index contributed by atoms with van der Waals surface area (Å²) in [5.74, 6) is 1.35. The predicted octanol–water partition coefficient (Wildman–Crippen LogP) is 2.90. The number of halogens is 1. The molecule has 0 aromatic heterocycles. The number of amides is 2. The fourth-order valence-corrected chi connectivity index (χ4v) is 5.05. The highest BCUT2D eigenvalue weighted by molar-refractivity contribution is 6.36. The van der Waals surface area contributed by atoms with E-state index in [4.69, 9.17) is 11.6 Å². The van der Waals surface area contributed by atoms with Gasteiger partial charge in [0.2, 0.25) is 11.8 Å². The van der Waals surface area contributed by atoms with Gasteiger partial charge in [-0.25, -0.2) is 4.90 Å². The Labute approximate surface area is 127 Å². The summed E-state index contributed by atoms with van der Waals surface area (Å²) in [5, 5.41) is 0.461. The number of benzene rings is 1. The minimum absolute atomic E-state index is 0.0530. The first kappa shape index (κ1) is 12.0. The number of rotatable bonds is 1. The van der Waals surface area contributed by atoms with Crippen LogP contribution < -0.4 is 4.90 Å². The zero-order valence-corrected chi connectivity index (χ0v) is 12.0. The maximum atomic E-state index is 12.9. The number of hydrogen-bond donors (Lipinski definition) is 0. The van der Waals surface area contributed by atoms with Crippen molar-refractivity contribution in [1.82, 2.24) is 0 Å². The van der Waals surface area contributed by atoms with E-state index in [0.717, 1.165) is 0 Å². The van der Waals surface area contributed by atoms with Crippen LogP contribution >= 0.6 is 11.6 Å². The number of nitrogens with zero attached hydrogens (tertiary/aromatic N) is 1. The van der Waals surface area contributed by atoms with Gasteiger partial charge in [0.25, 0.3) is 0 Å². The van der Waals surface area contributed by atoms with Crippen molar-refractivity contribution < 1.29 is 9.59 Å². The molecule has 0 N–H and O–H groups in total. The predicted molar refractivity (Wildman–Crippen MR) is 78.6 cm³/mol. The SMILES string of the molecule is O=C1[C@H]2[C@@H]3C=C[C@H]([C@H]4C[C@H]34)[C@@H]2C(=O)N1c1ccccc1Cl. The summed E-state index contributed by atoms with van der Waals surface area (Å²) >= 11 is 6.20. The molecule has 0 radical (unpaired) electrons. The summed E-state index contributed by atoms with van der Waals surface area (Å²) in [4.78, 5) is 27.1. The Morgan fingerprint density at radius 1 is 0.952 bits per heavy atom. The summed E-state index contributed by atoms with van der Waals surface area (Å²) < 4.78 is 0. The maximum absolute atomic E-state index is 12.9. The first-order chi connectivity index (χ1) is 10.2. The van der Waals surface area contributed by atoms with Gasteiger partial charge in [0.1, 0.15) is 0 Å². The van der Waals surface area contributed by atoms with Crippen molar-refractivity contribution in [3.63, 3.8) is 0 Å². The summed E-state index contributed by atoms with van der Waals surface area (Å²) in [6, 6.07) is 7.10. The van der Waals surface area contributed by atoms with Crippen molar-refractivity contribution in [2.24, 2.45) is 35.5 Å². The van der Waals surface area contributed by atoms with Gasteiger partial charge in [-0.05, 0) is 42.2 Å². The Hall–Kier alpha value is -1.61. The number of imide groups is 1. The van der Waals surface area contributed by atoms with E-state index < -0.39 is 0 Å². The molecule has 4 aliphatic carbocycles. The summed E-state index contributed by atoms with van der Waals surface area (Å²) in [7, 11) is 0. The topological polar surface area (TPSA) is 37.4 Å². The molecular formula is C17H14ClNO2. The fourth-order valence-electron chi connectivity index (χ4n) is 4.83. The van der Waals surface area contributed by atoms with E-state index in [1.54, 1.807) is 12.1 Å². The zero-order valence-electron chi connectivity index (χ0n) is 11.3. The molecule has 5 aliphatic rings. The molecule has 106 valence electrons. The minimum Gasteiger partial charge on any atom is -0.274 e. The van der Waals surface area contributed by atoms with Crippen LogP contribution in [0.25, 0.3) is 0 Å². The van der Waals surface area contributed by atoms with Gasteiger partial charge in [-0.1, -0.05) is 35.9 Å². The van der Waals surface area contributed by atoms with E-state index in [1.165, 1.54) is 11.3 Å². The molecule has 1 aliphatic heterocycles. The molecule has 4 heteroatoms. The van der Waals surface area contributed by atoms with Crippen LogP contribution in [-0.2, 0) is 9.59 Å². The Morgan fingerprint density at radius 3 is 2.10 bits per heavy atom. The molecule has 3 nitrogen and oxygen atoms in total. The highest BCUT2D eigenvalue weighted by Gasteiger charge is 2.67. The summed E-state index contributed by atoms with van der Waals surface area (Å²) in [6.45, 7) is 0. The number of carbonyl (C=O) groups excluding carboxylic acids is 2. The van der Waals surface area contributed by atoms with Crippen LogP contribution in [0.5, 0.6) is 0 Å². The molecule has 6 rings (SSSR count). The largest absolute Gasteiger partial charge is 0.274 e. The van der Waals surface area contributed by atoms with Crippen molar-refractivity contribution in [1.29, 1.82) is 0 Å². The van der Waals surface area contributed by atoms with Gasteiger partial charge in [-0.2, -0.15) is 0 Å². The van der Waals surface area contributed by atoms with Crippen LogP contribution in [0.4, 0.5) is 5.69 Å². The molecule has 1 heterocycles. The number of anilines is 1. The van der Waals surface area contributed by atoms with Crippen molar-refractivity contribution in [3.8, 4) is 0 Å². The number of allylic oxidation sites excluding steroid dienone is 2. The lowest BCUT2D eigenvalue weighted by molar-refractivity contribution is -0.124. The summed E-state index contributed by atoms with van der Waals surface area (Å²) in [6.07, 6.45) is 5.55. The molecule has 3 fully saturated rings. The van der Waals surface area contributed by atoms with E-state index in [-0.39, 0.29) is 35.5 Å². The molecule has 1 aromatic rings. The van der Waals surface area contributed by atoms with E-state index in [9.17, 15) is 9.59 Å². The molecule has 2 bridgehead atoms. The second kappa shape index (κ2) is 3.77. The second-order valence-electron chi connectivity index (χ2n) is 6.62. The highest BCUT2D eigenvalue weighted by Crippen LogP contribution is 2.65. The molecule has 2 saturated carbocycles. The van der Waals surface area contributed by atoms with Crippen LogP contribution in [0.3, 0.4) is 0 Å². The van der Waals surface area contributed by atoms with E-state index >= 15 is 0 Å². The second-order valence-corrected chi connectivity index (χ2v) is 7.03. The van der Waals surface area contributed by atoms with Gasteiger partial charge in [0.15, 0.2) is 0 Å². The monoisotopic (exact) mass is 299 g/mol. The molecule has 6 atom stereocenters. The van der Waals surface area contributed by atoms with Gasteiger partial charge in [-0.15, -0.1) is 0 Å². The Balaban J connectivity index is 1.62. The van der Waals surface area contributed by atoms with E-state index in [0.29, 0.717) is 22.5 Å². The molecule has 1 saturated heterocycles. The van der Waals surface area contributed by atoms with Crippen molar-refractivity contribution in [3.05, 3.63) is 41.4 Å².